The number of carboxylic acids is 1. The number of hydrogen-bond donors (Lipinski definition) is 8. The number of nitrogens with one attached hydrogen (secondary N) is 5. The van der Waals surface area contributed by atoms with Crippen molar-refractivity contribution in [1.82, 2.24) is 45.5 Å². The van der Waals surface area contributed by atoms with Crippen molar-refractivity contribution in [1.29, 1.82) is 0 Å². The largest absolute Gasteiger partial charge is 0.493 e. The van der Waals surface area contributed by atoms with E-state index in [0.717, 1.165) is 64.9 Å². The second-order valence-corrected chi connectivity index (χ2v) is 32.6. The molecule has 31 heteroatoms. The van der Waals surface area contributed by atoms with Crippen LogP contribution in [0.15, 0.2) is 91.1 Å². The highest BCUT2D eigenvalue weighted by molar-refractivity contribution is 7.85. The maximum Gasteiger partial charge on any atom is 0.409 e. The van der Waals surface area contributed by atoms with Crippen LogP contribution in [0.25, 0.3) is 21.3 Å². The molecule has 4 aliphatic carbocycles. The Bertz CT molecular complexity index is 4430. The number of likely N-dealkylation sites (N-methyl/N-ethyl adjacent to an activating group) is 1. The van der Waals surface area contributed by atoms with Crippen LogP contribution in [0.5, 0.6) is 5.75 Å². The monoisotopic (exact) mass is 1500 g/mol. The number of benzene rings is 3. The summed E-state index contributed by atoms with van der Waals surface area (Å²) in [7, 11) is -2.55. The number of unbranched alkanes of at least 4 members (excludes halogenated alkanes) is 2. The molecule has 0 radical (unpaired) electrons. The van der Waals surface area contributed by atoms with Gasteiger partial charge in [-0.25, -0.2) is 24.4 Å². The van der Waals surface area contributed by atoms with Gasteiger partial charge >= 0.3 is 18.1 Å². The number of rotatable bonds is 34. The van der Waals surface area contributed by atoms with Crippen LogP contribution in [-0.2, 0) is 69.7 Å². The molecule has 4 bridgehead atoms. The number of thiazole rings is 1. The van der Waals surface area contributed by atoms with E-state index in [4.69, 9.17) is 30.0 Å². The molecule has 6 aromatic rings. The molecule has 0 spiro atoms. The number of primary amides is 1. The second-order valence-electron chi connectivity index (χ2n) is 30.0. The van der Waals surface area contributed by atoms with Crippen molar-refractivity contribution >= 4 is 102 Å². The smallest absolute Gasteiger partial charge is 0.409 e. The summed E-state index contributed by atoms with van der Waals surface area (Å²) in [6.07, 6.45) is 11.5. The van der Waals surface area contributed by atoms with Gasteiger partial charge in [0.25, 0.3) is 27.8 Å². The number of aromatic carboxylic acids is 1. The molecular formula is C75H93N13O16S2. The van der Waals surface area contributed by atoms with E-state index in [1.54, 1.807) is 75.6 Å². The van der Waals surface area contributed by atoms with E-state index in [0.29, 0.717) is 89.0 Å². The first kappa shape index (κ1) is 77.3. The molecule has 106 heavy (non-hydrogen) atoms. The Hall–Kier alpha value is -9.85. The summed E-state index contributed by atoms with van der Waals surface area (Å²) in [4.78, 5) is 131. The van der Waals surface area contributed by atoms with Crippen molar-refractivity contribution in [2.45, 2.75) is 162 Å². The molecular weight excluding hydrogens is 1400 g/mol. The number of carbonyl (C=O) groups is 9. The van der Waals surface area contributed by atoms with Gasteiger partial charge < -0.3 is 56.1 Å². The molecule has 0 saturated heterocycles. The maximum atomic E-state index is 14.1. The van der Waals surface area contributed by atoms with Crippen LogP contribution in [0.1, 0.15) is 154 Å². The minimum Gasteiger partial charge on any atom is -0.493 e. The van der Waals surface area contributed by atoms with E-state index in [-0.39, 0.29) is 117 Å². The van der Waals surface area contributed by atoms with Gasteiger partial charge in [-0.15, -0.1) is 0 Å². The number of pyridine rings is 1. The highest BCUT2D eigenvalue weighted by Crippen LogP contribution is 2.72. The first-order chi connectivity index (χ1) is 50.4. The van der Waals surface area contributed by atoms with Gasteiger partial charge in [0.15, 0.2) is 10.8 Å². The Balaban J connectivity index is 0.684. The van der Waals surface area contributed by atoms with Crippen LogP contribution >= 0.6 is 11.3 Å². The van der Waals surface area contributed by atoms with Gasteiger partial charge in [-0.1, -0.05) is 69.7 Å². The predicted octanol–water partition coefficient (Wildman–Crippen LogP) is 8.94. The van der Waals surface area contributed by atoms with Crippen LogP contribution in [0.4, 0.5) is 26.2 Å². The molecule has 4 fully saturated rings. The van der Waals surface area contributed by atoms with Gasteiger partial charge in [-0.05, 0) is 166 Å². The molecule has 3 aromatic heterocycles. The maximum absolute atomic E-state index is 14.1. The molecule has 9 N–H and O–H groups in total. The molecule has 2 unspecified atom stereocenters. The number of para-hydroxylation sites is 1. The molecule has 12 rings (SSSR count). The van der Waals surface area contributed by atoms with Crippen LogP contribution < -0.4 is 42.0 Å². The Morgan fingerprint density at radius 1 is 0.802 bits per heavy atom. The minimum atomic E-state index is -4.20. The van der Waals surface area contributed by atoms with Gasteiger partial charge in [0.05, 0.1) is 41.0 Å². The Morgan fingerprint density at radius 2 is 1.54 bits per heavy atom. The van der Waals surface area contributed by atoms with E-state index in [2.05, 4.69) is 45.4 Å². The molecule has 29 nitrogen and oxygen atoms in total. The number of nitrogens with zero attached hydrogens (tertiary/aromatic N) is 7. The highest BCUT2D eigenvalue weighted by Gasteiger charge is 2.66. The topological polar surface area (TPSA) is 395 Å². The van der Waals surface area contributed by atoms with Crippen molar-refractivity contribution < 1.29 is 75.4 Å². The summed E-state index contributed by atoms with van der Waals surface area (Å²) in [6, 6.07) is 18.3. The lowest BCUT2D eigenvalue weighted by atomic mass is 9.39. The van der Waals surface area contributed by atoms with Gasteiger partial charge in [-0.3, -0.25) is 48.2 Å². The Labute approximate surface area is 618 Å². The first-order valence-electron chi connectivity index (χ1n) is 35.9. The van der Waals surface area contributed by atoms with Crippen molar-refractivity contribution in [2.24, 2.45) is 27.9 Å². The lowest BCUT2D eigenvalue weighted by Crippen LogP contribution is -2.64. The van der Waals surface area contributed by atoms with Crippen LogP contribution in [0, 0.1) is 29.1 Å². The van der Waals surface area contributed by atoms with Crippen LogP contribution in [-0.4, -0.2) is 171 Å². The van der Waals surface area contributed by atoms with Gasteiger partial charge in [-0.2, -0.15) is 13.5 Å². The van der Waals surface area contributed by atoms with Gasteiger partial charge in [0.1, 0.15) is 30.3 Å². The zero-order valence-electron chi connectivity index (χ0n) is 60.5. The van der Waals surface area contributed by atoms with Crippen LogP contribution in [0.2, 0.25) is 0 Å². The number of anilines is 3. The zero-order chi connectivity index (χ0) is 75.9. The molecule has 2 aliphatic heterocycles. The second kappa shape index (κ2) is 32.5. The number of urea groups is 1. The number of imide groups is 1. The average Bonchev–Trinajstić information content (AvgIpc) is 0.764. The summed E-state index contributed by atoms with van der Waals surface area (Å²) in [5, 5.41) is 30.0. The fourth-order valence-electron chi connectivity index (χ4n) is 16.9. The van der Waals surface area contributed by atoms with Crippen molar-refractivity contribution in [2.75, 3.05) is 67.7 Å². The van der Waals surface area contributed by atoms with Gasteiger partial charge in [0, 0.05) is 98.5 Å². The molecule has 4 atom stereocenters. The quantitative estimate of drug-likeness (QED) is 0.0106. The van der Waals surface area contributed by atoms with Crippen LogP contribution in [0.3, 0.4) is 0 Å². The molecule has 4 saturated carbocycles. The van der Waals surface area contributed by atoms with E-state index in [9.17, 15) is 61.2 Å². The third kappa shape index (κ3) is 18.9. The summed E-state index contributed by atoms with van der Waals surface area (Å²) in [5.74, 6) is -3.85. The number of carbonyl (C=O) groups excluding carboxylic acids is 8. The number of ether oxygens (including phenoxy) is 3. The number of nitrogens with two attached hydrogens (primary N) is 1. The first-order valence-corrected chi connectivity index (χ1v) is 38.3. The molecule has 566 valence electrons. The molecule has 9 amide bonds. The molecule has 6 aliphatic rings. The minimum absolute atomic E-state index is 0.00366. The summed E-state index contributed by atoms with van der Waals surface area (Å²) in [6.45, 7) is 12.1. The summed E-state index contributed by atoms with van der Waals surface area (Å²) < 4.78 is 54.0. The van der Waals surface area contributed by atoms with Crippen molar-refractivity contribution in [3.63, 3.8) is 0 Å². The fraction of sp³-hybridized carbons (Fsp3) is 0.493. The third-order valence-electron chi connectivity index (χ3n) is 20.7. The fourth-order valence-corrected chi connectivity index (χ4v) is 18.3. The van der Waals surface area contributed by atoms with E-state index in [1.807, 2.05) is 40.8 Å². The summed E-state index contributed by atoms with van der Waals surface area (Å²) >= 11 is 1.34. The van der Waals surface area contributed by atoms with E-state index < -0.39 is 69.4 Å². The van der Waals surface area contributed by atoms with Crippen molar-refractivity contribution in [3.05, 3.63) is 125 Å². The van der Waals surface area contributed by atoms with E-state index in [1.165, 1.54) is 28.4 Å². The highest BCUT2D eigenvalue weighted by atomic mass is 32.2. The summed E-state index contributed by atoms with van der Waals surface area (Å²) in [5.41, 5.74) is 9.65. The average molecular weight is 1500 g/mol. The molecule has 3 aromatic carbocycles. The number of hydrogen-bond acceptors (Lipinski definition) is 19. The lowest BCUT2D eigenvalue weighted by Gasteiger charge is -2.69. The lowest BCUT2D eigenvalue weighted by molar-refractivity contribution is -0.248. The SMILES string of the molecule is Cc1c(-c2ccc(N3CCc4c(OCCCS(=O)(=O)O)ccc(C(=O)Nc5nc6ccccc6s5)c4C3)nc2C(=O)O)cnn1CC12CC3(C)CC(C)(C1)CC(OCCN(C)C(=O)OCc1ccc(NC(=O)[C@H](CCCNC(N)=O)NC(=O)[C@@H](NC(=O)CCCCCN4C(=O)C=CC4=O)C(C)C)cc1)(C3)C2. The van der Waals surface area contributed by atoms with E-state index >= 15 is 0 Å². The number of carboxylic acid groups (broad SMARTS) is 1. The van der Waals surface area contributed by atoms with Gasteiger partial charge in [0.2, 0.25) is 17.7 Å². The standard InChI is InChI=1S/C75H93N13O16S2/c1-46(2)63(83-60(89)17-8-7-11-30-87-61(90)26-27-62(87)91)67(94)80-56(15-12-29-77-69(76)97)66(93)79-49-20-18-48(19-21-49)38-103-71(98)85(6)32-34-104-75-42-72(4)39-73(5,43-75)41-74(40-72,44-75)45-88-47(3)53(36-78-88)51-23-25-59(82-64(51)68(95)96)86-31-28-50-54(37-86)52(22-24-57(50)102-33-13-35-106(99,100)101)65(92)84-70-81-55-14-9-10-16-58(55)105-70/h9-10,14,16,18-27,36,46,56,63H,7-8,11-13,15,17,28-35,37-45H2,1-6H3,(H,79,93)(H,80,94)(H,83,89)(H,95,96)(H3,76,77,97)(H,81,84,92)(H,99,100,101)/t56-,63-,72?,73?,74?,75?/m0/s1. The molecule has 5 heterocycles. The number of aromatic nitrogens is 4. The zero-order valence-corrected chi connectivity index (χ0v) is 62.1. The Morgan fingerprint density at radius 3 is 2.24 bits per heavy atom. The Kier molecular flexibility index (Phi) is 23.7. The third-order valence-corrected chi connectivity index (χ3v) is 22.4. The predicted molar refractivity (Wildman–Crippen MR) is 395 cm³/mol. The number of fused-ring (bicyclic) bond motifs is 2. The van der Waals surface area contributed by atoms with Crippen molar-refractivity contribution in [3.8, 4) is 16.9 Å². The normalized spacial score (nSPS) is 20.6. The number of amides is 9.